The summed E-state index contributed by atoms with van der Waals surface area (Å²) in [5.74, 6) is -3.47. The van der Waals surface area contributed by atoms with Gasteiger partial charge in [-0.25, -0.2) is 17.2 Å². The Hall–Kier alpha value is -1.21. The quantitative estimate of drug-likeness (QED) is 0.780. The van der Waals surface area contributed by atoms with Gasteiger partial charge in [0.15, 0.2) is 11.6 Å². The second-order valence-corrected chi connectivity index (χ2v) is 7.48. The van der Waals surface area contributed by atoms with Crippen LogP contribution >= 0.6 is 10.7 Å². The molecule has 1 aromatic rings. The predicted molar refractivity (Wildman–Crippen MR) is 73.8 cm³/mol. The fourth-order valence-corrected chi connectivity index (χ4v) is 3.07. The fraction of sp³-hybridized carbons (Fsp3) is 0.462. The molecule has 0 bridgehead atoms. The van der Waals surface area contributed by atoms with Crippen LogP contribution in [0, 0.1) is 11.6 Å². The summed E-state index contributed by atoms with van der Waals surface area (Å²) in [6.07, 6.45) is 3.50. The molecule has 0 aromatic heterocycles. The van der Waals surface area contributed by atoms with Crippen molar-refractivity contribution in [1.82, 2.24) is 4.90 Å². The number of benzene rings is 1. The van der Waals surface area contributed by atoms with Gasteiger partial charge in [0.1, 0.15) is 0 Å². The molecule has 0 saturated carbocycles. The second kappa shape index (κ2) is 6.27. The molecule has 21 heavy (non-hydrogen) atoms. The lowest BCUT2D eigenvalue weighted by Gasteiger charge is -2.20. The van der Waals surface area contributed by atoms with Gasteiger partial charge in [-0.2, -0.15) is 0 Å². The maximum absolute atomic E-state index is 13.8. The highest BCUT2D eigenvalue weighted by atomic mass is 35.7. The third kappa shape index (κ3) is 3.71. The number of carbonyl (C=O) groups is 1. The Morgan fingerprint density at radius 3 is 2.19 bits per heavy atom. The van der Waals surface area contributed by atoms with E-state index in [-0.39, 0.29) is 0 Å². The minimum Gasteiger partial charge on any atom is -0.339 e. The molecule has 1 saturated heterocycles. The van der Waals surface area contributed by atoms with Crippen LogP contribution in [0.15, 0.2) is 17.0 Å². The molecule has 0 aliphatic carbocycles. The van der Waals surface area contributed by atoms with E-state index in [9.17, 15) is 22.0 Å². The number of amides is 1. The smallest absolute Gasteiger partial charge is 0.261 e. The van der Waals surface area contributed by atoms with Crippen molar-refractivity contribution in [3.63, 3.8) is 0 Å². The van der Waals surface area contributed by atoms with Gasteiger partial charge < -0.3 is 4.90 Å². The van der Waals surface area contributed by atoms with Crippen LogP contribution in [0.5, 0.6) is 0 Å². The van der Waals surface area contributed by atoms with Crippen molar-refractivity contribution in [1.29, 1.82) is 0 Å². The van der Waals surface area contributed by atoms with E-state index in [0.29, 0.717) is 19.2 Å². The number of hydrogen-bond acceptors (Lipinski definition) is 3. The number of rotatable bonds is 2. The van der Waals surface area contributed by atoms with E-state index >= 15 is 0 Å². The van der Waals surface area contributed by atoms with Gasteiger partial charge in [-0.15, -0.1) is 0 Å². The topological polar surface area (TPSA) is 54.5 Å². The van der Waals surface area contributed by atoms with E-state index in [1.165, 1.54) is 4.90 Å². The molecule has 116 valence electrons. The number of halogens is 3. The molecule has 0 radical (unpaired) electrons. The molecule has 0 atom stereocenters. The Balaban J connectivity index is 2.42. The highest BCUT2D eigenvalue weighted by molar-refractivity contribution is 8.13. The number of nitrogens with zero attached hydrogens (tertiary/aromatic N) is 1. The van der Waals surface area contributed by atoms with E-state index in [2.05, 4.69) is 0 Å². The third-order valence-electron chi connectivity index (χ3n) is 3.41. The first-order valence-electron chi connectivity index (χ1n) is 6.53. The summed E-state index contributed by atoms with van der Waals surface area (Å²) in [5.41, 5.74) is -0.601. The van der Waals surface area contributed by atoms with E-state index in [0.717, 1.165) is 31.7 Å². The monoisotopic (exact) mass is 337 g/mol. The molecule has 1 aliphatic heterocycles. The standard InChI is InChI=1S/C13H14ClF2NO3S/c14-21(19,20)9-7-10(12(16)11(15)8-9)13(18)17-5-3-1-2-4-6-17/h7-8H,1-6H2. The summed E-state index contributed by atoms with van der Waals surface area (Å²) in [7, 11) is 0.888. The van der Waals surface area contributed by atoms with E-state index in [4.69, 9.17) is 10.7 Å². The minimum absolute atomic E-state index is 0.442. The average Bonchev–Trinajstić information content (AvgIpc) is 2.68. The second-order valence-electron chi connectivity index (χ2n) is 4.91. The Morgan fingerprint density at radius 2 is 1.67 bits per heavy atom. The third-order valence-corrected chi connectivity index (χ3v) is 4.74. The van der Waals surface area contributed by atoms with Gasteiger partial charge in [-0.3, -0.25) is 4.79 Å². The molecule has 1 aromatic carbocycles. The number of likely N-dealkylation sites (tertiary alicyclic amines) is 1. The molecule has 0 unspecified atom stereocenters. The van der Waals surface area contributed by atoms with Crippen LogP contribution in [0.25, 0.3) is 0 Å². The first-order valence-corrected chi connectivity index (χ1v) is 8.84. The average molecular weight is 338 g/mol. The van der Waals surface area contributed by atoms with Gasteiger partial charge in [0.25, 0.3) is 15.0 Å². The zero-order valence-corrected chi connectivity index (χ0v) is 12.7. The molecular formula is C13H14ClF2NO3S. The molecule has 4 nitrogen and oxygen atoms in total. The molecule has 1 aliphatic rings. The van der Waals surface area contributed by atoms with Gasteiger partial charge in [-0.05, 0) is 25.0 Å². The van der Waals surface area contributed by atoms with Gasteiger partial charge in [-0.1, -0.05) is 12.8 Å². The van der Waals surface area contributed by atoms with Crippen molar-refractivity contribution in [2.75, 3.05) is 13.1 Å². The largest absolute Gasteiger partial charge is 0.339 e. The van der Waals surface area contributed by atoms with Crippen LogP contribution < -0.4 is 0 Å². The van der Waals surface area contributed by atoms with Crippen LogP contribution in [0.4, 0.5) is 8.78 Å². The molecule has 0 spiro atoms. The number of carbonyl (C=O) groups excluding carboxylic acids is 1. The first kappa shape index (κ1) is 16.2. The normalized spacial score (nSPS) is 16.6. The fourth-order valence-electron chi connectivity index (χ4n) is 2.30. The lowest BCUT2D eigenvalue weighted by atomic mass is 10.1. The highest BCUT2D eigenvalue weighted by Crippen LogP contribution is 2.23. The summed E-state index contributed by atoms with van der Waals surface area (Å²) in [6.45, 7) is 0.884. The van der Waals surface area contributed by atoms with Crippen molar-refractivity contribution < 1.29 is 22.0 Å². The predicted octanol–water partition coefficient (Wildman–Crippen LogP) is 2.91. The number of hydrogen-bond donors (Lipinski definition) is 0. The van der Waals surface area contributed by atoms with Crippen LogP contribution in [0.2, 0.25) is 0 Å². The van der Waals surface area contributed by atoms with E-state index in [1.807, 2.05) is 0 Å². The summed E-state index contributed by atoms with van der Waals surface area (Å²) < 4.78 is 49.8. The molecule has 1 amide bonds. The van der Waals surface area contributed by atoms with Crippen molar-refractivity contribution in [3.05, 3.63) is 29.3 Å². The van der Waals surface area contributed by atoms with Gasteiger partial charge in [0.05, 0.1) is 10.5 Å². The van der Waals surface area contributed by atoms with Crippen LogP contribution in [0.1, 0.15) is 36.0 Å². The summed E-state index contributed by atoms with van der Waals surface area (Å²) in [5, 5.41) is 0. The maximum Gasteiger partial charge on any atom is 0.261 e. The molecular weight excluding hydrogens is 324 g/mol. The van der Waals surface area contributed by atoms with Crippen LogP contribution in [-0.2, 0) is 9.05 Å². The Morgan fingerprint density at radius 1 is 1.10 bits per heavy atom. The molecule has 1 fully saturated rings. The molecule has 0 N–H and O–H groups in total. The van der Waals surface area contributed by atoms with E-state index < -0.39 is 37.1 Å². The summed E-state index contributed by atoms with van der Waals surface area (Å²) >= 11 is 0. The van der Waals surface area contributed by atoms with Crippen molar-refractivity contribution in [3.8, 4) is 0 Å². The minimum atomic E-state index is -4.24. The lowest BCUT2D eigenvalue weighted by molar-refractivity contribution is 0.0755. The van der Waals surface area contributed by atoms with Crippen molar-refractivity contribution in [2.45, 2.75) is 30.6 Å². The van der Waals surface area contributed by atoms with Crippen molar-refractivity contribution >= 4 is 25.6 Å². The van der Waals surface area contributed by atoms with Crippen LogP contribution in [0.3, 0.4) is 0 Å². The van der Waals surface area contributed by atoms with Crippen molar-refractivity contribution in [2.24, 2.45) is 0 Å². The maximum atomic E-state index is 13.8. The zero-order valence-electron chi connectivity index (χ0n) is 11.1. The molecule has 2 rings (SSSR count). The Labute approximate surface area is 126 Å². The lowest BCUT2D eigenvalue weighted by Crippen LogP contribution is -2.32. The summed E-state index contributed by atoms with van der Waals surface area (Å²) in [6, 6.07) is 1.25. The van der Waals surface area contributed by atoms with E-state index in [1.54, 1.807) is 0 Å². The first-order chi connectivity index (χ1) is 9.80. The molecule has 1 heterocycles. The van der Waals surface area contributed by atoms with Gasteiger partial charge in [0, 0.05) is 23.8 Å². The highest BCUT2D eigenvalue weighted by Gasteiger charge is 2.25. The van der Waals surface area contributed by atoms with Gasteiger partial charge in [0.2, 0.25) is 0 Å². The van der Waals surface area contributed by atoms with Crippen LogP contribution in [-0.4, -0.2) is 32.3 Å². The SMILES string of the molecule is O=C(c1cc(S(=O)(=O)Cl)cc(F)c1F)N1CCCCCC1. The summed E-state index contributed by atoms with van der Waals surface area (Å²) in [4.78, 5) is 13.1. The molecule has 8 heteroatoms. The Kier molecular flexibility index (Phi) is 4.83. The van der Waals surface area contributed by atoms with Gasteiger partial charge >= 0.3 is 0 Å². The Bertz CT molecular complexity index is 656. The zero-order chi connectivity index (χ0) is 15.6.